The molecule has 1 aliphatic carbocycles. The number of nitrogens with zero attached hydrogens (tertiary/aromatic N) is 2. The van der Waals surface area contributed by atoms with Crippen LogP contribution in [-0.4, -0.2) is 42.0 Å². The highest BCUT2D eigenvalue weighted by Crippen LogP contribution is 2.47. The van der Waals surface area contributed by atoms with E-state index in [-0.39, 0.29) is 5.54 Å². The summed E-state index contributed by atoms with van der Waals surface area (Å²) < 4.78 is 0. The largest absolute Gasteiger partial charge is 0.298 e. The van der Waals surface area contributed by atoms with E-state index in [4.69, 9.17) is 23.2 Å². The molecule has 1 heterocycles. The van der Waals surface area contributed by atoms with Crippen LogP contribution in [0.15, 0.2) is 18.2 Å². The molecule has 1 aliphatic heterocycles. The third-order valence-electron chi connectivity index (χ3n) is 6.28. The lowest BCUT2D eigenvalue weighted by atomic mass is 9.70. The number of likely N-dealkylation sites (tertiary alicyclic amines) is 1. The minimum absolute atomic E-state index is 0.0914. The predicted octanol–water partition coefficient (Wildman–Crippen LogP) is 5.96. The zero-order chi connectivity index (χ0) is 17.9. The fourth-order valence-corrected chi connectivity index (χ4v) is 5.51. The Labute approximate surface area is 163 Å². The third kappa shape index (κ3) is 3.74. The monoisotopic (exact) mass is 382 g/mol. The van der Waals surface area contributed by atoms with Gasteiger partial charge in [-0.05, 0) is 76.0 Å². The first-order valence-corrected chi connectivity index (χ1v) is 10.8. The number of halogens is 2. The van der Waals surface area contributed by atoms with Gasteiger partial charge in [0.15, 0.2) is 0 Å². The minimum atomic E-state index is 0.0914. The number of hydrogen-bond acceptors (Lipinski definition) is 2. The molecule has 0 spiro atoms. The second kappa shape index (κ2) is 8.61. The molecule has 1 aromatic carbocycles. The zero-order valence-electron chi connectivity index (χ0n) is 15.7. The van der Waals surface area contributed by atoms with Gasteiger partial charge in [0.1, 0.15) is 0 Å². The Balaban J connectivity index is 2.08. The van der Waals surface area contributed by atoms with Gasteiger partial charge in [0.25, 0.3) is 0 Å². The van der Waals surface area contributed by atoms with Crippen LogP contribution < -0.4 is 0 Å². The maximum atomic E-state index is 6.46. The average molecular weight is 383 g/mol. The Morgan fingerprint density at radius 2 is 1.84 bits per heavy atom. The van der Waals surface area contributed by atoms with Crippen LogP contribution in [-0.2, 0) is 5.54 Å². The number of benzene rings is 1. The molecule has 2 aliphatic rings. The van der Waals surface area contributed by atoms with Crippen LogP contribution in [0.25, 0.3) is 0 Å². The summed E-state index contributed by atoms with van der Waals surface area (Å²) in [4.78, 5) is 5.49. The van der Waals surface area contributed by atoms with E-state index < -0.39 is 0 Å². The first-order chi connectivity index (χ1) is 12.1. The van der Waals surface area contributed by atoms with E-state index in [2.05, 4.69) is 35.8 Å². The number of hydrogen-bond donors (Lipinski definition) is 0. The van der Waals surface area contributed by atoms with Gasteiger partial charge in [-0.3, -0.25) is 9.80 Å². The highest BCUT2D eigenvalue weighted by atomic mass is 35.5. The van der Waals surface area contributed by atoms with Crippen LogP contribution in [0.1, 0.15) is 64.4 Å². The normalized spacial score (nSPS) is 28.0. The molecule has 25 heavy (non-hydrogen) atoms. The topological polar surface area (TPSA) is 6.48 Å². The highest BCUT2D eigenvalue weighted by molar-refractivity contribution is 6.42. The lowest BCUT2D eigenvalue weighted by Gasteiger charge is -2.54. The van der Waals surface area contributed by atoms with Gasteiger partial charge < -0.3 is 0 Å². The van der Waals surface area contributed by atoms with Gasteiger partial charge in [0, 0.05) is 6.04 Å². The smallest absolute Gasteiger partial charge is 0.0617 e. The summed E-state index contributed by atoms with van der Waals surface area (Å²) >= 11 is 12.7. The van der Waals surface area contributed by atoms with Gasteiger partial charge in [-0.1, -0.05) is 56.0 Å². The molecule has 2 fully saturated rings. The number of rotatable bonds is 6. The maximum Gasteiger partial charge on any atom is 0.0617 e. The lowest BCUT2D eigenvalue weighted by molar-refractivity contribution is -0.0246. The summed E-state index contributed by atoms with van der Waals surface area (Å²) in [5.74, 6) is 0. The van der Waals surface area contributed by atoms with Gasteiger partial charge in [-0.25, -0.2) is 0 Å². The molecular formula is C21H32Cl2N2. The summed E-state index contributed by atoms with van der Waals surface area (Å²) in [5, 5.41) is 1.36. The lowest BCUT2D eigenvalue weighted by Crippen LogP contribution is -2.60. The molecule has 140 valence electrons. The molecule has 1 saturated carbocycles. The van der Waals surface area contributed by atoms with Crippen molar-refractivity contribution in [2.45, 2.75) is 70.4 Å². The first kappa shape index (κ1) is 19.5. The van der Waals surface area contributed by atoms with E-state index in [1.165, 1.54) is 70.1 Å². The molecule has 2 nitrogen and oxygen atoms in total. The van der Waals surface area contributed by atoms with Gasteiger partial charge in [-0.2, -0.15) is 0 Å². The van der Waals surface area contributed by atoms with E-state index in [9.17, 15) is 0 Å². The van der Waals surface area contributed by atoms with E-state index in [1.807, 2.05) is 6.07 Å². The molecule has 0 N–H and O–H groups in total. The molecule has 0 amide bonds. The molecular weight excluding hydrogens is 351 g/mol. The van der Waals surface area contributed by atoms with Gasteiger partial charge in [-0.15, -0.1) is 0 Å². The first-order valence-electron chi connectivity index (χ1n) is 10.1. The molecule has 4 heteroatoms. The van der Waals surface area contributed by atoms with Gasteiger partial charge >= 0.3 is 0 Å². The molecule has 1 aromatic rings. The zero-order valence-corrected chi connectivity index (χ0v) is 17.2. The summed E-state index contributed by atoms with van der Waals surface area (Å²) in [6.07, 6.45) is 8.99. The van der Waals surface area contributed by atoms with E-state index in [1.54, 1.807) is 0 Å². The van der Waals surface area contributed by atoms with E-state index >= 15 is 0 Å². The van der Waals surface area contributed by atoms with Crippen molar-refractivity contribution >= 4 is 23.2 Å². The Hall–Kier alpha value is -0.280. The van der Waals surface area contributed by atoms with Crippen molar-refractivity contribution in [2.75, 3.05) is 26.2 Å². The van der Waals surface area contributed by atoms with Crippen molar-refractivity contribution in [3.05, 3.63) is 33.8 Å². The highest BCUT2D eigenvalue weighted by Gasteiger charge is 2.49. The minimum Gasteiger partial charge on any atom is -0.298 e. The Bertz CT molecular complexity index is 571. The molecule has 0 aromatic heterocycles. The van der Waals surface area contributed by atoms with Crippen molar-refractivity contribution in [3.8, 4) is 0 Å². The van der Waals surface area contributed by atoms with Crippen molar-refractivity contribution in [2.24, 2.45) is 0 Å². The van der Waals surface area contributed by atoms with Crippen molar-refractivity contribution < 1.29 is 0 Å². The van der Waals surface area contributed by atoms with E-state index in [0.29, 0.717) is 16.1 Å². The quantitative estimate of drug-likeness (QED) is 0.598. The second-order valence-corrected chi connectivity index (χ2v) is 8.45. The molecule has 0 bridgehead atoms. The Kier molecular flexibility index (Phi) is 6.71. The van der Waals surface area contributed by atoms with Crippen LogP contribution in [0.3, 0.4) is 0 Å². The molecule has 1 saturated heterocycles. The fourth-order valence-electron chi connectivity index (χ4n) is 5.21. The van der Waals surface area contributed by atoms with Gasteiger partial charge in [0.2, 0.25) is 0 Å². The number of likely N-dealkylation sites (N-methyl/N-ethyl adjacent to an activating group) is 1. The maximum absolute atomic E-state index is 6.46. The van der Waals surface area contributed by atoms with Gasteiger partial charge in [0.05, 0.1) is 15.6 Å². The SMILES string of the molecule is CCCN(CC)[C@@H]1CCCC[C@@]1(c1ccc(Cl)c(Cl)c1)N1CCCC1. The van der Waals surface area contributed by atoms with E-state index in [0.717, 1.165) is 6.54 Å². The molecule has 2 atom stereocenters. The molecule has 0 radical (unpaired) electrons. The Morgan fingerprint density at radius 1 is 1.08 bits per heavy atom. The summed E-state index contributed by atoms with van der Waals surface area (Å²) in [6, 6.07) is 6.96. The standard InChI is InChI=1S/C21H32Cl2N2/c1-3-13-24(4-2)20-9-5-6-12-21(20,25-14-7-8-15-25)17-10-11-18(22)19(23)16-17/h10-11,16,20H,3-9,12-15H2,1-2H3/t20-,21+/m1/s1. The van der Waals surface area contributed by atoms with Crippen molar-refractivity contribution in [1.29, 1.82) is 0 Å². The average Bonchev–Trinajstić information content (AvgIpc) is 3.17. The van der Waals surface area contributed by atoms with Crippen LogP contribution in [0.4, 0.5) is 0 Å². The van der Waals surface area contributed by atoms with Crippen LogP contribution in [0, 0.1) is 0 Å². The fraction of sp³-hybridized carbons (Fsp3) is 0.714. The Morgan fingerprint density at radius 3 is 2.48 bits per heavy atom. The van der Waals surface area contributed by atoms with Crippen LogP contribution in [0.2, 0.25) is 10.0 Å². The van der Waals surface area contributed by atoms with Crippen LogP contribution >= 0.6 is 23.2 Å². The van der Waals surface area contributed by atoms with Crippen LogP contribution in [0.5, 0.6) is 0 Å². The molecule has 0 unspecified atom stereocenters. The molecule has 3 rings (SSSR count). The second-order valence-electron chi connectivity index (χ2n) is 7.64. The van der Waals surface area contributed by atoms with Crippen molar-refractivity contribution in [1.82, 2.24) is 9.80 Å². The summed E-state index contributed by atoms with van der Waals surface area (Å²) in [5.41, 5.74) is 1.47. The predicted molar refractivity (Wildman–Crippen MR) is 109 cm³/mol. The third-order valence-corrected chi connectivity index (χ3v) is 7.02. The summed E-state index contributed by atoms with van der Waals surface area (Å²) in [7, 11) is 0. The summed E-state index contributed by atoms with van der Waals surface area (Å²) in [6.45, 7) is 9.32. The van der Waals surface area contributed by atoms with Crippen molar-refractivity contribution in [3.63, 3.8) is 0 Å².